The molecule has 3 rings (SSSR count). The monoisotopic (exact) mass is 397 g/mol. The van der Waals surface area contributed by atoms with Crippen LogP contribution in [0.5, 0.6) is 0 Å². The van der Waals surface area contributed by atoms with Gasteiger partial charge in [0.2, 0.25) is 5.91 Å². The molecule has 0 aliphatic carbocycles. The third kappa shape index (κ3) is 4.32. The lowest BCUT2D eigenvalue weighted by molar-refractivity contribution is -0.111. The van der Waals surface area contributed by atoms with E-state index in [1.807, 2.05) is 38.1 Å². The number of ether oxygens (including phenoxy) is 1. The van der Waals surface area contributed by atoms with Gasteiger partial charge in [-0.25, -0.2) is 9.48 Å². The molecule has 9 heteroatoms. The summed E-state index contributed by atoms with van der Waals surface area (Å²) in [5, 5.41) is 14.3. The average Bonchev–Trinajstić information content (AvgIpc) is 3.30. The Balaban J connectivity index is 1.75. The van der Waals surface area contributed by atoms with Gasteiger partial charge in [-0.1, -0.05) is 12.1 Å². The number of nitrogens with zero attached hydrogens (tertiary/aromatic N) is 4. The fourth-order valence-electron chi connectivity index (χ4n) is 2.54. The van der Waals surface area contributed by atoms with Crippen LogP contribution in [0.4, 0.5) is 5.00 Å². The normalized spacial score (nSPS) is 11.0. The molecule has 1 aromatic carbocycles. The number of carbonyl (C=O) groups excluding carboxylic acids is 2. The number of rotatable bonds is 6. The molecule has 0 bridgehead atoms. The van der Waals surface area contributed by atoms with Crippen molar-refractivity contribution in [1.29, 1.82) is 0 Å². The van der Waals surface area contributed by atoms with E-state index < -0.39 is 5.97 Å². The Morgan fingerprint density at radius 3 is 2.86 bits per heavy atom. The standard InChI is InChI=1S/C19H19N5O3S/c1-4-27-19(26)17-12(2)13(3)28-18(17)21-16(25)9-8-14-6-5-7-15(10-14)24-11-20-22-23-24/h5-11H,4H2,1-3H3,(H,21,25)/b9-8+. The third-order valence-electron chi connectivity index (χ3n) is 4.01. The SMILES string of the molecule is CCOC(=O)c1c(NC(=O)/C=C/c2cccc(-n3cnnn3)c2)sc(C)c1C. The van der Waals surface area contributed by atoms with Crippen LogP contribution in [0.15, 0.2) is 36.7 Å². The zero-order valence-electron chi connectivity index (χ0n) is 15.7. The second kappa shape index (κ2) is 8.57. The first-order chi connectivity index (χ1) is 13.5. The van der Waals surface area contributed by atoms with Crippen LogP contribution in [0.1, 0.15) is 33.3 Å². The van der Waals surface area contributed by atoms with Crippen LogP contribution in [-0.2, 0) is 9.53 Å². The molecule has 0 aliphatic rings. The zero-order valence-corrected chi connectivity index (χ0v) is 16.5. The van der Waals surface area contributed by atoms with Crippen molar-refractivity contribution >= 4 is 34.3 Å². The molecule has 144 valence electrons. The first-order valence-corrected chi connectivity index (χ1v) is 9.40. The van der Waals surface area contributed by atoms with E-state index in [9.17, 15) is 9.59 Å². The molecule has 1 N–H and O–H groups in total. The van der Waals surface area contributed by atoms with E-state index in [1.165, 1.54) is 28.4 Å². The first-order valence-electron chi connectivity index (χ1n) is 8.59. The highest BCUT2D eigenvalue weighted by Gasteiger charge is 2.21. The van der Waals surface area contributed by atoms with Gasteiger partial charge in [0.1, 0.15) is 11.3 Å². The fourth-order valence-corrected chi connectivity index (χ4v) is 3.59. The molecule has 2 heterocycles. The molecule has 0 saturated carbocycles. The first kappa shape index (κ1) is 19.4. The minimum atomic E-state index is -0.433. The van der Waals surface area contributed by atoms with Crippen LogP contribution in [0.2, 0.25) is 0 Å². The summed E-state index contributed by atoms with van der Waals surface area (Å²) in [6, 6.07) is 7.42. The van der Waals surface area contributed by atoms with Crippen LogP contribution in [0.3, 0.4) is 0 Å². The van der Waals surface area contributed by atoms with Gasteiger partial charge in [-0.2, -0.15) is 0 Å². The Morgan fingerprint density at radius 2 is 2.14 bits per heavy atom. The van der Waals surface area contributed by atoms with Crippen LogP contribution in [0, 0.1) is 13.8 Å². The lowest BCUT2D eigenvalue weighted by Crippen LogP contribution is -2.12. The van der Waals surface area contributed by atoms with Crippen molar-refractivity contribution in [3.8, 4) is 5.69 Å². The summed E-state index contributed by atoms with van der Waals surface area (Å²) >= 11 is 1.35. The van der Waals surface area contributed by atoms with Gasteiger partial charge in [-0.3, -0.25) is 4.79 Å². The van der Waals surface area contributed by atoms with Crippen molar-refractivity contribution in [2.24, 2.45) is 0 Å². The van der Waals surface area contributed by atoms with Gasteiger partial charge in [0.05, 0.1) is 17.9 Å². The summed E-state index contributed by atoms with van der Waals surface area (Å²) in [7, 11) is 0. The summed E-state index contributed by atoms with van der Waals surface area (Å²) in [5.74, 6) is -0.766. The molecular formula is C19H19N5O3S. The minimum absolute atomic E-state index is 0.276. The number of esters is 1. The van der Waals surface area contributed by atoms with Gasteiger partial charge in [-0.05, 0) is 60.5 Å². The lowest BCUT2D eigenvalue weighted by atomic mass is 10.1. The van der Waals surface area contributed by atoms with E-state index in [-0.39, 0.29) is 12.5 Å². The van der Waals surface area contributed by atoms with Gasteiger partial charge in [0.15, 0.2) is 0 Å². The molecule has 0 radical (unpaired) electrons. The second-order valence-electron chi connectivity index (χ2n) is 5.88. The fraction of sp³-hybridized carbons (Fsp3) is 0.211. The van der Waals surface area contributed by atoms with Crippen molar-refractivity contribution < 1.29 is 14.3 Å². The molecule has 28 heavy (non-hydrogen) atoms. The molecule has 0 saturated heterocycles. The Morgan fingerprint density at radius 1 is 1.32 bits per heavy atom. The quantitative estimate of drug-likeness (QED) is 0.507. The van der Waals surface area contributed by atoms with Gasteiger partial charge in [0, 0.05) is 11.0 Å². The number of nitrogens with one attached hydrogen (secondary N) is 1. The van der Waals surface area contributed by atoms with Crippen LogP contribution < -0.4 is 5.32 Å². The van der Waals surface area contributed by atoms with E-state index in [0.717, 1.165) is 21.7 Å². The highest BCUT2D eigenvalue weighted by Crippen LogP contribution is 2.33. The number of thiophene rings is 1. The maximum atomic E-state index is 12.4. The molecule has 0 unspecified atom stereocenters. The number of amides is 1. The van der Waals surface area contributed by atoms with Crippen LogP contribution in [-0.4, -0.2) is 38.7 Å². The third-order valence-corrected chi connectivity index (χ3v) is 5.14. The minimum Gasteiger partial charge on any atom is -0.462 e. The number of benzene rings is 1. The van der Waals surface area contributed by atoms with Crippen LogP contribution in [0.25, 0.3) is 11.8 Å². The topological polar surface area (TPSA) is 99.0 Å². The van der Waals surface area contributed by atoms with Gasteiger partial charge in [0.25, 0.3) is 0 Å². The van der Waals surface area contributed by atoms with Crippen LogP contribution >= 0.6 is 11.3 Å². The van der Waals surface area contributed by atoms with E-state index in [4.69, 9.17) is 4.74 Å². The molecule has 3 aromatic rings. The van der Waals surface area contributed by atoms with E-state index in [1.54, 1.807) is 13.0 Å². The summed E-state index contributed by atoms with van der Waals surface area (Å²) in [4.78, 5) is 25.5. The van der Waals surface area contributed by atoms with Crippen molar-refractivity contribution in [2.45, 2.75) is 20.8 Å². The number of aromatic nitrogens is 4. The average molecular weight is 397 g/mol. The summed E-state index contributed by atoms with van der Waals surface area (Å²) < 4.78 is 6.63. The smallest absolute Gasteiger partial charge is 0.341 e. The maximum absolute atomic E-state index is 12.4. The highest BCUT2D eigenvalue weighted by molar-refractivity contribution is 7.16. The Bertz CT molecular complexity index is 1020. The van der Waals surface area contributed by atoms with Gasteiger partial charge >= 0.3 is 5.97 Å². The lowest BCUT2D eigenvalue weighted by Gasteiger charge is -2.05. The maximum Gasteiger partial charge on any atom is 0.341 e. The molecular weight excluding hydrogens is 378 g/mol. The predicted molar refractivity (Wildman–Crippen MR) is 107 cm³/mol. The van der Waals surface area contributed by atoms with Crippen molar-refractivity contribution in [1.82, 2.24) is 20.2 Å². The van der Waals surface area contributed by atoms with Crippen molar-refractivity contribution in [3.05, 3.63) is 58.2 Å². The summed E-state index contributed by atoms with van der Waals surface area (Å²) in [5.41, 5.74) is 2.82. The zero-order chi connectivity index (χ0) is 20.1. The predicted octanol–water partition coefficient (Wildman–Crippen LogP) is 3.17. The van der Waals surface area contributed by atoms with Gasteiger partial charge in [-0.15, -0.1) is 16.4 Å². The number of aryl methyl sites for hydroxylation is 1. The molecule has 0 atom stereocenters. The Labute approximate surface area is 165 Å². The van der Waals surface area contributed by atoms with Gasteiger partial charge < -0.3 is 10.1 Å². The number of anilines is 1. The summed E-state index contributed by atoms with van der Waals surface area (Å²) in [6.45, 7) is 5.77. The number of tetrazole rings is 1. The molecule has 2 aromatic heterocycles. The second-order valence-corrected chi connectivity index (χ2v) is 7.10. The number of carbonyl (C=O) groups is 2. The van der Waals surface area contributed by atoms with Crippen molar-refractivity contribution in [2.75, 3.05) is 11.9 Å². The molecule has 0 spiro atoms. The van der Waals surface area contributed by atoms with E-state index >= 15 is 0 Å². The van der Waals surface area contributed by atoms with E-state index in [2.05, 4.69) is 20.8 Å². The molecule has 8 nitrogen and oxygen atoms in total. The van der Waals surface area contributed by atoms with Crippen molar-refractivity contribution in [3.63, 3.8) is 0 Å². The molecule has 0 fully saturated rings. The Hall–Kier alpha value is -3.33. The van der Waals surface area contributed by atoms with E-state index in [0.29, 0.717) is 10.6 Å². The number of hydrogen-bond acceptors (Lipinski definition) is 7. The molecule has 0 aliphatic heterocycles. The highest BCUT2D eigenvalue weighted by atomic mass is 32.1. The molecule has 1 amide bonds. The summed E-state index contributed by atoms with van der Waals surface area (Å²) in [6.07, 6.45) is 4.59. The Kier molecular flexibility index (Phi) is 5.95. The largest absolute Gasteiger partial charge is 0.462 e. The number of hydrogen-bond donors (Lipinski definition) is 1.